The molecule has 0 bridgehead atoms. The molecule has 0 unspecified atom stereocenters. The summed E-state index contributed by atoms with van der Waals surface area (Å²) in [5, 5.41) is 8.19. The van der Waals surface area contributed by atoms with E-state index in [1.807, 2.05) is 13.2 Å². The predicted octanol–water partition coefficient (Wildman–Crippen LogP) is 3.13. The van der Waals surface area contributed by atoms with E-state index in [9.17, 15) is 0 Å². The Kier molecular flexibility index (Phi) is 7.24. The Morgan fingerprint density at radius 2 is 2.04 bits per heavy atom. The predicted molar refractivity (Wildman–Crippen MR) is 115 cm³/mol. The summed E-state index contributed by atoms with van der Waals surface area (Å²) in [5.41, 5.74) is 2.83. The maximum Gasteiger partial charge on any atom is 0.191 e. The summed E-state index contributed by atoms with van der Waals surface area (Å²) in [4.78, 5) is 12.6. The first kappa shape index (κ1) is 19.8. The van der Waals surface area contributed by atoms with Gasteiger partial charge < -0.3 is 10.6 Å². The first-order valence-electron chi connectivity index (χ1n) is 9.79. The average molecular weight is 386 g/mol. The normalized spacial score (nSPS) is 16.5. The van der Waals surface area contributed by atoms with Crippen LogP contribution in [0.4, 0.5) is 0 Å². The first-order valence-corrected chi connectivity index (χ1v) is 10.6. The highest BCUT2D eigenvalue weighted by Crippen LogP contribution is 2.16. The number of aromatic nitrogens is 1. The van der Waals surface area contributed by atoms with Crippen LogP contribution >= 0.6 is 11.3 Å². The Labute approximate surface area is 166 Å². The summed E-state index contributed by atoms with van der Waals surface area (Å²) >= 11 is 1.77. The van der Waals surface area contributed by atoms with Crippen molar-refractivity contribution in [2.75, 3.05) is 26.7 Å². The SMILES string of the molecule is CN=C(NCCc1ncc(C)s1)NC1CCN(Cc2ccccc2C)CC1. The number of aliphatic imine (C=N–C) groups is 1. The monoisotopic (exact) mass is 385 g/mol. The molecule has 0 spiro atoms. The first-order chi connectivity index (χ1) is 13.1. The van der Waals surface area contributed by atoms with Crippen LogP contribution < -0.4 is 10.6 Å². The number of hydrogen-bond donors (Lipinski definition) is 2. The summed E-state index contributed by atoms with van der Waals surface area (Å²) in [7, 11) is 1.84. The summed E-state index contributed by atoms with van der Waals surface area (Å²) < 4.78 is 0. The molecule has 1 aliphatic rings. The minimum Gasteiger partial charge on any atom is -0.356 e. The van der Waals surface area contributed by atoms with E-state index >= 15 is 0 Å². The molecule has 6 heteroatoms. The van der Waals surface area contributed by atoms with Crippen molar-refractivity contribution in [3.8, 4) is 0 Å². The summed E-state index contributed by atoms with van der Waals surface area (Å²) in [6.07, 6.45) is 5.18. The van der Waals surface area contributed by atoms with Crippen LogP contribution in [0.5, 0.6) is 0 Å². The Bertz CT molecular complexity index is 747. The third-order valence-electron chi connectivity index (χ3n) is 5.11. The minimum atomic E-state index is 0.492. The molecular weight excluding hydrogens is 354 g/mol. The molecule has 0 saturated carbocycles. The molecule has 2 aromatic rings. The lowest BCUT2D eigenvalue weighted by Crippen LogP contribution is -2.48. The number of rotatable bonds is 6. The number of aryl methyl sites for hydroxylation is 2. The fraction of sp³-hybridized carbons (Fsp3) is 0.524. The van der Waals surface area contributed by atoms with Crippen molar-refractivity contribution < 1.29 is 0 Å². The number of nitrogens with zero attached hydrogens (tertiary/aromatic N) is 3. The van der Waals surface area contributed by atoms with Crippen molar-refractivity contribution in [2.24, 2.45) is 4.99 Å². The van der Waals surface area contributed by atoms with Crippen LogP contribution in [0.25, 0.3) is 0 Å². The summed E-state index contributed by atoms with van der Waals surface area (Å²) in [6, 6.07) is 9.19. The van der Waals surface area contributed by atoms with Crippen molar-refractivity contribution in [1.82, 2.24) is 20.5 Å². The van der Waals surface area contributed by atoms with E-state index in [0.29, 0.717) is 6.04 Å². The van der Waals surface area contributed by atoms with Crippen molar-refractivity contribution >= 4 is 17.3 Å². The van der Waals surface area contributed by atoms with Gasteiger partial charge in [0.05, 0.1) is 5.01 Å². The van der Waals surface area contributed by atoms with Gasteiger partial charge in [-0.3, -0.25) is 9.89 Å². The topological polar surface area (TPSA) is 52.6 Å². The summed E-state index contributed by atoms with van der Waals surface area (Å²) in [6.45, 7) is 8.47. The van der Waals surface area contributed by atoms with Crippen LogP contribution in [0.3, 0.4) is 0 Å². The number of likely N-dealkylation sites (tertiary alicyclic amines) is 1. The van der Waals surface area contributed by atoms with Gasteiger partial charge in [-0.1, -0.05) is 24.3 Å². The zero-order valence-corrected chi connectivity index (χ0v) is 17.5. The molecular formula is C21H31N5S. The number of thiazole rings is 1. The van der Waals surface area contributed by atoms with Crippen molar-refractivity contribution in [3.63, 3.8) is 0 Å². The van der Waals surface area contributed by atoms with Crippen molar-refractivity contribution in [1.29, 1.82) is 0 Å². The standard InChI is InChI=1S/C21H31N5S/c1-16-6-4-5-7-18(16)15-26-12-9-19(10-13-26)25-21(22-3)23-11-8-20-24-14-17(2)27-20/h4-7,14,19H,8-13,15H2,1-3H3,(H2,22,23,25). The van der Waals surface area contributed by atoms with E-state index in [-0.39, 0.29) is 0 Å². The summed E-state index contributed by atoms with van der Waals surface area (Å²) in [5.74, 6) is 0.903. The molecule has 0 atom stereocenters. The number of guanidine groups is 1. The van der Waals surface area contributed by atoms with Crippen molar-refractivity contribution in [2.45, 2.75) is 45.7 Å². The second-order valence-corrected chi connectivity index (χ2v) is 8.55. The van der Waals surface area contributed by atoms with Gasteiger partial charge in [0.25, 0.3) is 0 Å². The molecule has 3 rings (SSSR count). The molecule has 1 fully saturated rings. The molecule has 0 aliphatic carbocycles. The van der Waals surface area contributed by atoms with E-state index in [4.69, 9.17) is 0 Å². The number of piperidine rings is 1. The quantitative estimate of drug-likeness (QED) is 0.593. The van der Waals surface area contributed by atoms with Crippen LogP contribution in [0.2, 0.25) is 0 Å². The molecule has 2 heterocycles. The highest BCUT2D eigenvalue weighted by atomic mass is 32.1. The average Bonchev–Trinajstić information content (AvgIpc) is 3.09. The van der Waals surface area contributed by atoms with Gasteiger partial charge in [0, 0.05) is 56.8 Å². The molecule has 5 nitrogen and oxygen atoms in total. The van der Waals surface area contributed by atoms with E-state index < -0.39 is 0 Å². The minimum absolute atomic E-state index is 0.492. The zero-order valence-electron chi connectivity index (χ0n) is 16.7. The lowest BCUT2D eigenvalue weighted by Gasteiger charge is -2.33. The van der Waals surface area contributed by atoms with E-state index in [0.717, 1.165) is 51.4 Å². The van der Waals surface area contributed by atoms with Crippen LogP contribution in [0.1, 0.15) is 33.9 Å². The van der Waals surface area contributed by atoms with Crippen LogP contribution in [-0.2, 0) is 13.0 Å². The highest BCUT2D eigenvalue weighted by Gasteiger charge is 2.20. The Balaban J connectivity index is 1.39. The fourth-order valence-corrected chi connectivity index (χ4v) is 4.24. The number of benzene rings is 1. The molecule has 146 valence electrons. The van der Waals surface area contributed by atoms with Gasteiger partial charge in [0.1, 0.15) is 0 Å². The van der Waals surface area contributed by atoms with Gasteiger partial charge in [-0.15, -0.1) is 11.3 Å². The van der Waals surface area contributed by atoms with Gasteiger partial charge in [0.15, 0.2) is 5.96 Å². The molecule has 1 aromatic carbocycles. The van der Waals surface area contributed by atoms with Gasteiger partial charge in [-0.25, -0.2) is 4.98 Å². The maximum atomic E-state index is 4.42. The molecule has 0 radical (unpaired) electrons. The van der Waals surface area contributed by atoms with E-state index in [1.165, 1.54) is 21.0 Å². The molecule has 2 N–H and O–H groups in total. The fourth-order valence-electron chi connectivity index (χ4n) is 3.46. The van der Waals surface area contributed by atoms with Gasteiger partial charge in [-0.05, 0) is 37.8 Å². The number of hydrogen-bond acceptors (Lipinski definition) is 4. The van der Waals surface area contributed by atoms with Crippen LogP contribution in [0.15, 0.2) is 35.5 Å². The lowest BCUT2D eigenvalue weighted by atomic mass is 10.0. The largest absolute Gasteiger partial charge is 0.356 e. The Morgan fingerprint density at radius 3 is 2.70 bits per heavy atom. The molecule has 1 aromatic heterocycles. The zero-order chi connectivity index (χ0) is 19.1. The van der Waals surface area contributed by atoms with Gasteiger partial charge >= 0.3 is 0 Å². The van der Waals surface area contributed by atoms with Crippen LogP contribution in [0, 0.1) is 13.8 Å². The Hall–Kier alpha value is -1.92. The lowest BCUT2D eigenvalue weighted by molar-refractivity contribution is 0.198. The molecule has 0 amide bonds. The molecule has 1 saturated heterocycles. The molecule has 27 heavy (non-hydrogen) atoms. The van der Waals surface area contributed by atoms with Gasteiger partial charge in [-0.2, -0.15) is 0 Å². The third kappa shape index (κ3) is 6.04. The molecule has 1 aliphatic heterocycles. The van der Waals surface area contributed by atoms with E-state index in [2.05, 4.69) is 63.6 Å². The van der Waals surface area contributed by atoms with Crippen molar-refractivity contribution in [3.05, 3.63) is 51.5 Å². The smallest absolute Gasteiger partial charge is 0.191 e. The van der Waals surface area contributed by atoms with E-state index in [1.54, 1.807) is 11.3 Å². The highest BCUT2D eigenvalue weighted by molar-refractivity contribution is 7.11. The second kappa shape index (κ2) is 9.85. The maximum absolute atomic E-state index is 4.42. The third-order valence-corrected chi connectivity index (χ3v) is 6.08. The Morgan fingerprint density at radius 1 is 1.26 bits per heavy atom. The van der Waals surface area contributed by atoms with Crippen LogP contribution in [-0.4, -0.2) is 48.6 Å². The van der Waals surface area contributed by atoms with Gasteiger partial charge in [0.2, 0.25) is 0 Å². The second-order valence-electron chi connectivity index (χ2n) is 7.23. The number of nitrogens with one attached hydrogen (secondary N) is 2.